The van der Waals surface area contributed by atoms with Crippen LogP contribution in [0.25, 0.3) is 0 Å². The number of carbonyl (C=O) groups is 1. The van der Waals surface area contributed by atoms with Crippen molar-refractivity contribution in [3.8, 4) is 0 Å². The third-order valence-electron chi connectivity index (χ3n) is 2.19. The molecule has 0 radical (unpaired) electrons. The SMILES string of the molecule is C=CCNC(=O)c1cc([N+](=O)[O-])cc(Br)c1C. The number of carbonyl (C=O) groups excluding carboxylic acids is 1. The van der Waals surface area contributed by atoms with Gasteiger partial charge in [0.2, 0.25) is 0 Å². The lowest BCUT2D eigenvalue weighted by atomic mass is 10.1. The Hall–Kier alpha value is -1.69. The molecule has 5 nitrogen and oxygen atoms in total. The summed E-state index contributed by atoms with van der Waals surface area (Å²) in [7, 11) is 0. The Morgan fingerprint density at radius 2 is 2.29 bits per heavy atom. The molecular formula is C11H11BrN2O3. The van der Waals surface area contributed by atoms with Crippen molar-refractivity contribution in [2.24, 2.45) is 0 Å². The smallest absolute Gasteiger partial charge is 0.271 e. The van der Waals surface area contributed by atoms with Gasteiger partial charge in [-0.1, -0.05) is 22.0 Å². The molecule has 1 aromatic carbocycles. The molecule has 17 heavy (non-hydrogen) atoms. The number of benzene rings is 1. The van der Waals surface area contributed by atoms with Crippen LogP contribution in [-0.4, -0.2) is 17.4 Å². The summed E-state index contributed by atoms with van der Waals surface area (Å²) >= 11 is 3.20. The van der Waals surface area contributed by atoms with E-state index in [1.165, 1.54) is 12.1 Å². The number of rotatable bonds is 4. The first-order valence-electron chi connectivity index (χ1n) is 4.81. The lowest BCUT2D eigenvalue weighted by Crippen LogP contribution is -2.24. The summed E-state index contributed by atoms with van der Waals surface area (Å²) in [4.78, 5) is 21.9. The molecule has 0 saturated carbocycles. The molecule has 90 valence electrons. The first-order valence-corrected chi connectivity index (χ1v) is 5.60. The van der Waals surface area contributed by atoms with Gasteiger partial charge in [0.15, 0.2) is 0 Å². The van der Waals surface area contributed by atoms with Crippen molar-refractivity contribution in [3.05, 3.63) is 50.5 Å². The van der Waals surface area contributed by atoms with E-state index < -0.39 is 4.92 Å². The van der Waals surface area contributed by atoms with E-state index >= 15 is 0 Å². The summed E-state index contributed by atoms with van der Waals surface area (Å²) in [5.41, 5.74) is 0.830. The van der Waals surface area contributed by atoms with Gasteiger partial charge in [-0.2, -0.15) is 0 Å². The maximum atomic E-state index is 11.7. The third kappa shape index (κ3) is 3.13. The second kappa shape index (κ2) is 5.58. The average molecular weight is 299 g/mol. The lowest BCUT2D eigenvalue weighted by molar-refractivity contribution is -0.385. The van der Waals surface area contributed by atoms with E-state index in [4.69, 9.17) is 0 Å². The fourth-order valence-electron chi connectivity index (χ4n) is 1.27. The molecule has 0 atom stereocenters. The Balaban J connectivity index is 3.17. The van der Waals surface area contributed by atoms with E-state index in [0.29, 0.717) is 16.6 Å². The maximum Gasteiger partial charge on any atom is 0.271 e. The first kappa shape index (κ1) is 13.4. The molecule has 1 aromatic rings. The predicted octanol–water partition coefficient (Wildman–Crippen LogP) is 2.58. The zero-order valence-electron chi connectivity index (χ0n) is 9.20. The maximum absolute atomic E-state index is 11.7. The highest BCUT2D eigenvalue weighted by Gasteiger charge is 2.17. The van der Waals surface area contributed by atoms with Crippen LogP contribution in [0, 0.1) is 17.0 Å². The first-order chi connectivity index (χ1) is 7.97. The van der Waals surface area contributed by atoms with Gasteiger partial charge in [0.1, 0.15) is 0 Å². The van der Waals surface area contributed by atoms with Gasteiger partial charge in [-0.15, -0.1) is 6.58 Å². The van der Waals surface area contributed by atoms with Gasteiger partial charge in [-0.05, 0) is 12.5 Å². The van der Waals surface area contributed by atoms with Crippen LogP contribution in [-0.2, 0) is 0 Å². The summed E-state index contributed by atoms with van der Waals surface area (Å²) in [6.07, 6.45) is 1.54. The van der Waals surface area contributed by atoms with Crippen molar-refractivity contribution in [2.75, 3.05) is 6.54 Å². The summed E-state index contributed by atoms with van der Waals surface area (Å²) < 4.78 is 0.537. The van der Waals surface area contributed by atoms with Crippen LogP contribution < -0.4 is 5.32 Å². The Bertz CT molecular complexity index is 486. The monoisotopic (exact) mass is 298 g/mol. The fourth-order valence-corrected chi connectivity index (χ4v) is 1.71. The molecule has 0 aliphatic rings. The van der Waals surface area contributed by atoms with E-state index in [0.717, 1.165) is 0 Å². The van der Waals surface area contributed by atoms with Crippen LogP contribution in [0.3, 0.4) is 0 Å². The molecule has 0 bridgehead atoms. The quantitative estimate of drug-likeness (QED) is 0.527. The van der Waals surface area contributed by atoms with Crippen molar-refractivity contribution < 1.29 is 9.72 Å². The fraction of sp³-hybridized carbons (Fsp3) is 0.182. The van der Waals surface area contributed by atoms with Crippen molar-refractivity contribution in [1.29, 1.82) is 0 Å². The number of nitrogens with one attached hydrogen (secondary N) is 1. The Morgan fingerprint density at radius 1 is 1.65 bits per heavy atom. The molecule has 0 spiro atoms. The second-order valence-corrected chi connectivity index (χ2v) is 4.21. The number of non-ortho nitro benzene ring substituents is 1. The van der Waals surface area contributed by atoms with Crippen LogP contribution in [0.2, 0.25) is 0 Å². The highest BCUT2D eigenvalue weighted by atomic mass is 79.9. The van der Waals surface area contributed by atoms with Gasteiger partial charge in [0.25, 0.3) is 11.6 Å². The highest BCUT2D eigenvalue weighted by Crippen LogP contribution is 2.26. The molecule has 1 amide bonds. The van der Waals surface area contributed by atoms with E-state index in [1.807, 2.05) is 0 Å². The van der Waals surface area contributed by atoms with Crippen molar-refractivity contribution in [1.82, 2.24) is 5.32 Å². The molecule has 0 aliphatic carbocycles. The minimum Gasteiger partial charge on any atom is -0.349 e. The third-order valence-corrected chi connectivity index (χ3v) is 3.02. The molecule has 1 rings (SSSR count). The number of amides is 1. The normalized spacial score (nSPS) is 9.76. The number of halogens is 1. The Morgan fingerprint density at radius 3 is 2.82 bits per heavy atom. The van der Waals surface area contributed by atoms with Crippen molar-refractivity contribution in [3.63, 3.8) is 0 Å². The largest absolute Gasteiger partial charge is 0.349 e. The van der Waals surface area contributed by atoms with E-state index in [2.05, 4.69) is 27.8 Å². The molecule has 0 saturated heterocycles. The number of nitro benzene ring substituents is 1. The number of hydrogen-bond acceptors (Lipinski definition) is 3. The molecule has 0 aromatic heterocycles. The van der Waals surface area contributed by atoms with E-state index in [-0.39, 0.29) is 17.2 Å². The summed E-state index contributed by atoms with van der Waals surface area (Å²) in [6.45, 7) is 5.52. The molecule has 0 unspecified atom stereocenters. The van der Waals surface area contributed by atoms with Crippen LogP contribution >= 0.6 is 15.9 Å². The zero-order valence-corrected chi connectivity index (χ0v) is 10.8. The van der Waals surface area contributed by atoms with Gasteiger partial charge >= 0.3 is 0 Å². The zero-order chi connectivity index (χ0) is 13.0. The average Bonchev–Trinajstić information content (AvgIpc) is 2.29. The highest BCUT2D eigenvalue weighted by molar-refractivity contribution is 9.10. The number of nitro groups is 1. The van der Waals surface area contributed by atoms with Gasteiger partial charge in [-0.3, -0.25) is 14.9 Å². The van der Waals surface area contributed by atoms with Crippen LogP contribution in [0.15, 0.2) is 29.3 Å². The van der Waals surface area contributed by atoms with Crippen molar-refractivity contribution in [2.45, 2.75) is 6.92 Å². The van der Waals surface area contributed by atoms with Crippen molar-refractivity contribution >= 4 is 27.5 Å². The Labute approximate surface area is 107 Å². The predicted molar refractivity (Wildman–Crippen MR) is 68.1 cm³/mol. The molecule has 0 aliphatic heterocycles. The number of hydrogen-bond donors (Lipinski definition) is 1. The Kier molecular flexibility index (Phi) is 4.39. The van der Waals surface area contributed by atoms with Crippen LogP contribution in [0.4, 0.5) is 5.69 Å². The summed E-state index contributed by atoms with van der Waals surface area (Å²) in [6, 6.07) is 2.64. The minimum absolute atomic E-state index is 0.119. The van der Waals surface area contributed by atoms with Crippen LogP contribution in [0.5, 0.6) is 0 Å². The number of nitrogens with zero attached hydrogens (tertiary/aromatic N) is 1. The van der Waals surface area contributed by atoms with E-state index in [9.17, 15) is 14.9 Å². The van der Waals surface area contributed by atoms with Gasteiger partial charge in [-0.25, -0.2) is 0 Å². The van der Waals surface area contributed by atoms with Crippen LogP contribution in [0.1, 0.15) is 15.9 Å². The lowest BCUT2D eigenvalue weighted by Gasteiger charge is -2.07. The molecule has 0 fully saturated rings. The molecule has 6 heteroatoms. The summed E-state index contributed by atoms with van der Waals surface area (Å²) in [5.74, 6) is -0.355. The molecule has 0 heterocycles. The van der Waals surface area contributed by atoms with Gasteiger partial charge in [0, 0.05) is 23.2 Å². The topological polar surface area (TPSA) is 72.2 Å². The van der Waals surface area contributed by atoms with E-state index in [1.54, 1.807) is 13.0 Å². The molecule has 1 N–H and O–H groups in total. The minimum atomic E-state index is -0.533. The molecular weight excluding hydrogens is 288 g/mol. The second-order valence-electron chi connectivity index (χ2n) is 3.36. The summed E-state index contributed by atoms with van der Waals surface area (Å²) in [5, 5.41) is 13.3. The standard InChI is InChI=1S/C11H11BrN2O3/c1-3-4-13-11(15)9-5-8(14(16)17)6-10(12)7(9)2/h3,5-6H,1,4H2,2H3,(H,13,15). The van der Waals surface area contributed by atoms with Gasteiger partial charge < -0.3 is 5.32 Å². The van der Waals surface area contributed by atoms with Gasteiger partial charge in [0.05, 0.1) is 10.5 Å².